The van der Waals surface area contributed by atoms with Gasteiger partial charge in [-0.25, -0.2) is 0 Å². The minimum atomic E-state index is -1.64. The molecule has 0 aliphatic rings. The third kappa shape index (κ3) is 6.17. The van der Waals surface area contributed by atoms with Crippen LogP contribution in [0.3, 0.4) is 0 Å². The molecule has 0 heterocycles. The molecule has 0 fully saturated rings. The topological polar surface area (TPSA) is 88.4 Å². The fraction of sp³-hybridized carbons (Fsp3) is 0.200. The minimum Gasteiger partial charge on any atom is -0.482 e. The molecule has 0 saturated heterocycles. The normalized spacial score (nSPS) is 13.8. The number of hydrogen-bond donors (Lipinski definition) is 3. The minimum absolute atomic E-state index is 0.310. The van der Waals surface area contributed by atoms with Gasteiger partial charge in [0.05, 0.1) is 0 Å². The second-order valence-electron chi connectivity index (χ2n) is 4.22. The molecular weight excluding hydrogens is 287 g/mol. The Morgan fingerprint density at radius 2 is 0.909 bits per heavy atom. The fourth-order valence-corrected chi connectivity index (χ4v) is 0.886. The lowest BCUT2D eigenvalue weighted by atomic mass is 10.2. The van der Waals surface area contributed by atoms with Gasteiger partial charge in [-0.3, -0.25) is 0 Å². The van der Waals surface area contributed by atoms with Crippen LogP contribution in [0.4, 0.5) is 0 Å². The van der Waals surface area contributed by atoms with Crippen molar-refractivity contribution in [1.82, 2.24) is 0 Å². The van der Waals surface area contributed by atoms with Crippen LogP contribution in [-0.4, -0.2) is 22.6 Å². The van der Waals surface area contributed by atoms with E-state index >= 15 is 0 Å². The van der Waals surface area contributed by atoms with Gasteiger partial charge in [-0.2, -0.15) is 0 Å². The second kappa shape index (κ2) is 9.28. The lowest BCUT2D eigenvalue weighted by molar-refractivity contribution is 0.0559. The average molecular weight is 308 g/mol. The molecule has 0 rings (SSSR count). The molecule has 0 aromatic carbocycles. The summed E-state index contributed by atoms with van der Waals surface area (Å²) in [5.74, 6) is -1.60. The summed E-state index contributed by atoms with van der Waals surface area (Å²) in [5, 5.41) is 29.1. The number of hydrogen-bond acceptors (Lipinski definition) is 6. The van der Waals surface area contributed by atoms with Gasteiger partial charge in [-0.15, -0.1) is 0 Å². The van der Waals surface area contributed by atoms with Crippen LogP contribution in [0, 0.1) is 0 Å². The van der Waals surface area contributed by atoms with Gasteiger partial charge in [0, 0.05) is 16.7 Å². The van der Waals surface area contributed by atoms with Gasteiger partial charge in [-0.1, -0.05) is 38.0 Å². The van der Waals surface area contributed by atoms with Gasteiger partial charge in [-0.05, 0) is 20.8 Å². The van der Waals surface area contributed by atoms with Gasteiger partial charge in [0.1, 0.15) is 0 Å². The number of allylic oxidation sites excluding steroid dienone is 6. The number of aliphatic hydroxyl groups excluding tert-OH is 3. The van der Waals surface area contributed by atoms with Crippen molar-refractivity contribution in [3.63, 3.8) is 0 Å². The maximum atomic E-state index is 9.70. The van der Waals surface area contributed by atoms with E-state index in [1.165, 1.54) is 39.0 Å². The molecule has 120 valence electrons. The highest BCUT2D eigenvalue weighted by Crippen LogP contribution is 2.14. The lowest BCUT2D eigenvalue weighted by Crippen LogP contribution is -2.27. The Morgan fingerprint density at radius 1 is 0.682 bits per heavy atom. The van der Waals surface area contributed by atoms with E-state index in [4.69, 9.17) is 14.0 Å². The highest BCUT2D eigenvalue weighted by atomic mass is 16.8. The van der Waals surface area contributed by atoms with Crippen LogP contribution in [0.25, 0.3) is 0 Å². The zero-order valence-corrected chi connectivity index (χ0v) is 13.0. The molecule has 0 aliphatic heterocycles. The van der Waals surface area contributed by atoms with Crippen LogP contribution >= 0.6 is 0 Å². The van der Waals surface area contributed by atoms with E-state index in [1.807, 2.05) is 0 Å². The van der Waals surface area contributed by atoms with Crippen molar-refractivity contribution in [1.29, 1.82) is 0 Å². The van der Waals surface area contributed by atoms with E-state index in [0.717, 1.165) is 0 Å². The first-order chi connectivity index (χ1) is 10.3. The summed E-state index contributed by atoms with van der Waals surface area (Å²) in [6, 6.07) is 0. The molecule has 0 atom stereocenters. The molecule has 3 N–H and O–H groups in total. The Balaban J connectivity index is 5.37. The average Bonchev–Trinajstić information content (AvgIpc) is 2.51. The summed E-state index contributed by atoms with van der Waals surface area (Å²) < 4.78 is 15.0. The van der Waals surface area contributed by atoms with E-state index in [9.17, 15) is 15.3 Å². The fourth-order valence-electron chi connectivity index (χ4n) is 0.886. The first-order valence-corrected chi connectivity index (χ1v) is 6.33. The van der Waals surface area contributed by atoms with E-state index in [2.05, 4.69) is 19.7 Å². The predicted octanol–water partition coefficient (Wildman–Crippen LogP) is 3.95. The quantitative estimate of drug-likeness (QED) is 0.339. The molecule has 0 spiro atoms. The van der Waals surface area contributed by atoms with Crippen molar-refractivity contribution < 1.29 is 29.3 Å². The highest BCUT2D eigenvalue weighted by Gasteiger charge is 2.34. The number of rotatable bonds is 9. The van der Waals surface area contributed by atoms with Crippen LogP contribution in [0.5, 0.6) is 0 Å². The van der Waals surface area contributed by atoms with Crippen LogP contribution < -0.4 is 0 Å². The Hall–Kier alpha value is -2.70. The van der Waals surface area contributed by atoms with Crippen LogP contribution in [0.15, 0.2) is 72.5 Å². The molecule has 0 saturated carbocycles. The largest absolute Gasteiger partial charge is 0.870 e. The van der Waals surface area contributed by atoms with Gasteiger partial charge < -0.3 is 29.3 Å². The van der Waals surface area contributed by atoms with Gasteiger partial charge in [0.25, 0.3) is 17.8 Å². The summed E-state index contributed by atoms with van der Waals surface area (Å²) >= 11 is 0. The van der Waals surface area contributed by atoms with Crippen molar-refractivity contribution in [2.75, 3.05) is 0 Å². The molecule has 22 heavy (non-hydrogen) atoms. The lowest BCUT2D eigenvalue weighted by Gasteiger charge is -2.16. The van der Waals surface area contributed by atoms with Crippen molar-refractivity contribution >= 4 is 7.32 Å². The van der Waals surface area contributed by atoms with Gasteiger partial charge >= 0.3 is 7.32 Å². The molecule has 0 aromatic rings. The van der Waals surface area contributed by atoms with Crippen molar-refractivity contribution in [3.05, 3.63) is 72.5 Å². The maximum Gasteiger partial charge on any atom is 0.870 e. The summed E-state index contributed by atoms with van der Waals surface area (Å²) in [6.07, 6.45) is 4.05. The molecule has 0 unspecified atom stereocenters. The van der Waals surface area contributed by atoms with Gasteiger partial charge in [0.2, 0.25) is 0 Å². The van der Waals surface area contributed by atoms with E-state index < -0.39 is 25.2 Å². The standard InChI is InChI=1S/C15H21BO6/c1-7-10(4)13(17)20-16(21-14(18)11(5)8-2)22-15(19)12(6)9-3/h7-9,17-19H,1-3H2,4-6H3/b13-10+,14-11+,15-12+. The van der Waals surface area contributed by atoms with E-state index in [1.54, 1.807) is 0 Å². The SMILES string of the molecule is C=C/C(C)=C(\O)OB(O/C(O)=C(\C)C=C)O/C(O)=C(\C)C=C. The van der Waals surface area contributed by atoms with Crippen LogP contribution in [0.1, 0.15) is 20.8 Å². The Morgan fingerprint density at radius 3 is 1.09 bits per heavy atom. The van der Waals surface area contributed by atoms with E-state index in [0.29, 0.717) is 16.7 Å². The Kier molecular flexibility index (Phi) is 8.14. The molecular formula is C15H21BO6. The zero-order chi connectivity index (χ0) is 17.3. The van der Waals surface area contributed by atoms with Crippen LogP contribution in [-0.2, 0) is 14.0 Å². The first kappa shape index (κ1) is 19.3. The highest BCUT2D eigenvalue weighted by molar-refractivity contribution is 6.37. The maximum absolute atomic E-state index is 9.70. The van der Waals surface area contributed by atoms with Crippen molar-refractivity contribution in [2.45, 2.75) is 20.8 Å². The van der Waals surface area contributed by atoms with Gasteiger partial charge in [0.15, 0.2) is 0 Å². The van der Waals surface area contributed by atoms with Crippen molar-refractivity contribution in [3.8, 4) is 0 Å². The third-order valence-corrected chi connectivity index (χ3v) is 2.55. The summed E-state index contributed by atoms with van der Waals surface area (Å²) in [5.41, 5.74) is 0.931. The molecule has 0 radical (unpaired) electrons. The van der Waals surface area contributed by atoms with Crippen molar-refractivity contribution in [2.24, 2.45) is 0 Å². The first-order valence-electron chi connectivity index (χ1n) is 6.33. The number of aliphatic hydroxyl groups is 3. The second-order valence-corrected chi connectivity index (χ2v) is 4.22. The molecule has 0 bridgehead atoms. The molecule has 0 aliphatic carbocycles. The summed E-state index contributed by atoms with van der Waals surface area (Å²) in [4.78, 5) is 0. The summed E-state index contributed by atoms with van der Waals surface area (Å²) in [7, 11) is -1.64. The Labute approximate surface area is 130 Å². The summed E-state index contributed by atoms with van der Waals surface area (Å²) in [6.45, 7) is 15.0. The monoisotopic (exact) mass is 308 g/mol. The molecule has 7 heteroatoms. The predicted molar refractivity (Wildman–Crippen MR) is 85.6 cm³/mol. The van der Waals surface area contributed by atoms with E-state index in [-0.39, 0.29) is 0 Å². The van der Waals surface area contributed by atoms with Crippen LogP contribution in [0.2, 0.25) is 0 Å². The third-order valence-electron chi connectivity index (χ3n) is 2.55. The molecule has 0 amide bonds. The molecule has 6 nitrogen and oxygen atoms in total. The smallest absolute Gasteiger partial charge is 0.482 e. The zero-order valence-electron chi connectivity index (χ0n) is 13.0. The Bertz CT molecular complexity index is 454. The molecule has 0 aromatic heterocycles.